The van der Waals surface area contributed by atoms with Gasteiger partial charge < -0.3 is 10.6 Å². The van der Waals surface area contributed by atoms with Gasteiger partial charge in [0.2, 0.25) is 0 Å². The Morgan fingerprint density at radius 3 is 2.84 bits per heavy atom. The highest BCUT2D eigenvalue weighted by Gasteiger charge is 2.26. The van der Waals surface area contributed by atoms with E-state index in [0.717, 1.165) is 0 Å². The van der Waals surface area contributed by atoms with Crippen LogP contribution < -0.4 is 10.6 Å². The predicted molar refractivity (Wildman–Crippen MR) is 86.4 cm³/mol. The molecule has 1 fully saturated rings. The Kier molecular flexibility index (Phi) is 4.00. The Morgan fingerprint density at radius 2 is 2.08 bits per heavy atom. The topological polar surface area (TPSA) is 67.1 Å². The van der Waals surface area contributed by atoms with E-state index in [1.54, 1.807) is 24.4 Å². The van der Waals surface area contributed by atoms with Crippen molar-refractivity contribution in [2.45, 2.75) is 18.6 Å². The maximum absolute atomic E-state index is 13.7. The van der Waals surface area contributed by atoms with Gasteiger partial charge in [-0.05, 0) is 12.1 Å². The van der Waals surface area contributed by atoms with Crippen LogP contribution in [-0.2, 0) is 0 Å². The number of alkyl halides is 3. The predicted octanol–water partition coefficient (Wildman–Crippen LogP) is 2.45. The highest BCUT2D eigenvalue weighted by Crippen LogP contribution is 2.23. The first-order valence-electron chi connectivity index (χ1n) is 7.82. The Hall–Kier alpha value is -2.68. The minimum atomic E-state index is -2.67. The molecule has 1 aliphatic rings. The molecule has 0 spiro atoms. The summed E-state index contributed by atoms with van der Waals surface area (Å²) < 4.78 is 41.1. The second-order valence-electron chi connectivity index (χ2n) is 5.82. The fourth-order valence-electron chi connectivity index (χ4n) is 2.84. The van der Waals surface area contributed by atoms with Crippen molar-refractivity contribution in [1.82, 2.24) is 24.7 Å². The standard InChI is InChI=1S/C16H15F3N6/c17-9-4-20-5-11(9)24-14-3-1-2-10(23-14)13-6-22-15-7-21-12(16(18)19)8-25(13)15/h1-3,6-9,11,16,20H,4-5H2,(H,23,24)/t9-,11-/m1/s1. The Morgan fingerprint density at radius 1 is 1.20 bits per heavy atom. The minimum Gasteiger partial charge on any atom is -0.363 e. The summed E-state index contributed by atoms with van der Waals surface area (Å²) in [5.74, 6) is 0.520. The van der Waals surface area contributed by atoms with Crippen molar-refractivity contribution < 1.29 is 13.2 Å². The maximum Gasteiger partial charge on any atom is 0.281 e. The van der Waals surface area contributed by atoms with Crippen molar-refractivity contribution in [2.24, 2.45) is 0 Å². The van der Waals surface area contributed by atoms with Crippen molar-refractivity contribution in [2.75, 3.05) is 18.4 Å². The zero-order chi connectivity index (χ0) is 17.4. The van der Waals surface area contributed by atoms with Gasteiger partial charge in [0.1, 0.15) is 17.7 Å². The van der Waals surface area contributed by atoms with Gasteiger partial charge in [0, 0.05) is 19.3 Å². The Bertz CT molecular complexity index is 896. The number of nitrogens with zero attached hydrogens (tertiary/aromatic N) is 4. The van der Waals surface area contributed by atoms with Crippen LogP contribution in [0.5, 0.6) is 0 Å². The molecule has 0 aliphatic carbocycles. The van der Waals surface area contributed by atoms with Crippen molar-refractivity contribution in [1.29, 1.82) is 0 Å². The molecule has 4 heterocycles. The molecule has 0 saturated carbocycles. The molecule has 2 atom stereocenters. The lowest BCUT2D eigenvalue weighted by molar-refractivity contribution is 0.145. The summed E-state index contributed by atoms with van der Waals surface area (Å²) >= 11 is 0. The molecule has 0 radical (unpaired) electrons. The normalized spacial score (nSPS) is 20.5. The molecule has 1 saturated heterocycles. The number of imidazole rings is 1. The fourth-order valence-corrected chi connectivity index (χ4v) is 2.84. The van der Waals surface area contributed by atoms with Crippen LogP contribution in [0.25, 0.3) is 17.0 Å². The van der Waals surface area contributed by atoms with E-state index in [9.17, 15) is 13.2 Å². The number of nitrogens with one attached hydrogen (secondary N) is 2. The molecule has 3 aromatic heterocycles. The number of halogens is 3. The van der Waals surface area contributed by atoms with Crippen molar-refractivity contribution in [3.8, 4) is 11.4 Å². The van der Waals surface area contributed by atoms with E-state index in [1.807, 2.05) is 0 Å². The molecule has 0 bridgehead atoms. The summed E-state index contributed by atoms with van der Waals surface area (Å²) in [5, 5.41) is 6.03. The zero-order valence-corrected chi connectivity index (χ0v) is 13.0. The van der Waals surface area contributed by atoms with E-state index < -0.39 is 12.6 Å². The van der Waals surface area contributed by atoms with E-state index in [-0.39, 0.29) is 11.7 Å². The van der Waals surface area contributed by atoms with Crippen LogP contribution in [0.1, 0.15) is 12.1 Å². The summed E-state index contributed by atoms with van der Waals surface area (Å²) in [4.78, 5) is 12.3. The fraction of sp³-hybridized carbons (Fsp3) is 0.312. The number of fused-ring (bicyclic) bond motifs is 1. The van der Waals surface area contributed by atoms with Crippen molar-refractivity contribution in [3.63, 3.8) is 0 Å². The molecule has 1 aliphatic heterocycles. The second kappa shape index (κ2) is 6.32. The van der Waals surface area contributed by atoms with Gasteiger partial charge in [-0.15, -0.1) is 0 Å². The van der Waals surface area contributed by atoms with Crippen LogP contribution >= 0.6 is 0 Å². The molecule has 6 nitrogen and oxygen atoms in total. The highest BCUT2D eigenvalue weighted by molar-refractivity contribution is 5.61. The number of hydrogen-bond acceptors (Lipinski definition) is 5. The average molecular weight is 348 g/mol. The van der Waals surface area contributed by atoms with Gasteiger partial charge in [0.05, 0.1) is 29.8 Å². The van der Waals surface area contributed by atoms with Crippen LogP contribution in [0.2, 0.25) is 0 Å². The third-order valence-corrected chi connectivity index (χ3v) is 4.12. The Labute approximate surface area is 141 Å². The molecule has 4 rings (SSSR count). The number of hydrogen-bond donors (Lipinski definition) is 2. The van der Waals surface area contributed by atoms with Crippen LogP contribution in [0.15, 0.2) is 36.8 Å². The molecule has 25 heavy (non-hydrogen) atoms. The number of anilines is 1. The van der Waals surface area contributed by atoms with E-state index in [0.29, 0.717) is 35.9 Å². The molecule has 0 amide bonds. The largest absolute Gasteiger partial charge is 0.363 e. The molecule has 0 aromatic carbocycles. The van der Waals surface area contributed by atoms with E-state index in [4.69, 9.17) is 0 Å². The van der Waals surface area contributed by atoms with E-state index >= 15 is 0 Å². The smallest absolute Gasteiger partial charge is 0.281 e. The maximum atomic E-state index is 13.7. The summed E-state index contributed by atoms with van der Waals surface area (Å²) in [7, 11) is 0. The molecular formula is C16H15F3N6. The van der Waals surface area contributed by atoms with E-state index in [1.165, 1.54) is 16.8 Å². The molecule has 130 valence electrons. The van der Waals surface area contributed by atoms with Gasteiger partial charge in [-0.25, -0.2) is 28.1 Å². The third-order valence-electron chi connectivity index (χ3n) is 4.12. The van der Waals surface area contributed by atoms with Crippen LogP contribution in [0, 0.1) is 0 Å². The molecule has 0 unspecified atom stereocenters. The van der Waals surface area contributed by atoms with Crippen LogP contribution in [-0.4, -0.2) is 44.7 Å². The third kappa shape index (κ3) is 3.02. The summed E-state index contributed by atoms with van der Waals surface area (Å²) in [6, 6.07) is 4.91. The first-order chi connectivity index (χ1) is 12.1. The van der Waals surface area contributed by atoms with Crippen LogP contribution in [0.3, 0.4) is 0 Å². The van der Waals surface area contributed by atoms with Gasteiger partial charge in [0.15, 0.2) is 5.65 Å². The first kappa shape index (κ1) is 15.8. The second-order valence-corrected chi connectivity index (χ2v) is 5.82. The molecule has 3 aromatic rings. The van der Waals surface area contributed by atoms with Gasteiger partial charge in [-0.3, -0.25) is 4.40 Å². The van der Waals surface area contributed by atoms with Gasteiger partial charge in [-0.2, -0.15) is 0 Å². The Balaban J connectivity index is 1.68. The number of rotatable bonds is 4. The zero-order valence-electron chi connectivity index (χ0n) is 13.0. The van der Waals surface area contributed by atoms with Gasteiger partial charge >= 0.3 is 0 Å². The molecular weight excluding hydrogens is 333 g/mol. The van der Waals surface area contributed by atoms with Gasteiger partial charge in [0.25, 0.3) is 6.43 Å². The lowest BCUT2D eigenvalue weighted by Gasteiger charge is -2.15. The van der Waals surface area contributed by atoms with Crippen molar-refractivity contribution >= 4 is 11.5 Å². The molecule has 2 N–H and O–H groups in total. The summed E-state index contributed by atoms with van der Waals surface area (Å²) in [6.07, 6.45) is 0.444. The first-order valence-corrected chi connectivity index (χ1v) is 7.82. The van der Waals surface area contributed by atoms with Crippen LogP contribution in [0.4, 0.5) is 19.0 Å². The van der Waals surface area contributed by atoms with E-state index in [2.05, 4.69) is 25.6 Å². The number of aromatic nitrogens is 4. The highest BCUT2D eigenvalue weighted by atomic mass is 19.3. The monoisotopic (exact) mass is 348 g/mol. The lowest BCUT2D eigenvalue weighted by Crippen LogP contribution is -2.29. The molecule has 9 heteroatoms. The quantitative estimate of drug-likeness (QED) is 0.758. The SMILES string of the molecule is FC(F)c1cn2c(-c3cccc(N[C@@H]4CNC[C@H]4F)n3)cnc2cn1. The van der Waals surface area contributed by atoms with Gasteiger partial charge in [-0.1, -0.05) is 6.07 Å². The minimum absolute atomic E-state index is 0.314. The summed E-state index contributed by atoms with van der Waals surface area (Å²) in [6.45, 7) is 0.833. The number of pyridine rings is 1. The summed E-state index contributed by atoms with van der Waals surface area (Å²) in [5.41, 5.74) is 1.22. The lowest BCUT2D eigenvalue weighted by atomic mass is 10.2. The van der Waals surface area contributed by atoms with Crippen molar-refractivity contribution in [3.05, 3.63) is 42.5 Å². The average Bonchev–Trinajstić information content (AvgIpc) is 3.21.